The molecule has 0 heterocycles. The van der Waals surface area contributed by atoms with E-state index in [1.165, 1.54) is 17.7 Å². The summed E-state index contributed by atoms with van der Waals surface area (Å²) < 4.78 is 28.3. The van der Waals surface area contributed by atoms with Gasteiger partial charge in [0.2, 0.25) is 15.9 Å². The molecule has 0 fully saturated rings. The van der Waals surface area contributed by atoms with Crippen LogP contribution < -0.4 is 10.0 Å². The molecular weight excluding hydrogens is 408 g/mol. The van der Waals surface area contributed by atoms with E-state index in [1.807, 2.05) is 55.5 Å². The normalized spacial score (nSPS) is 13.3. The van der Waals surface area contributed by atoms with Gasteiger partial charge in [-0.05, 0) is 49.4 Å². The Balaban J connectivity index is 1.70. The summed E-state index contributed by atoms with van der Waals surface area (Å²) in [5.41, 5.74) is 2.09. The number of carbonyl (C=O) groups is 1. The number of amides is 1. The van der Waals surface area contributed by atoms with Crippen molar-refractivity contribution in [3.8, 4) is 0 Å². The number of hydrogen-bond donors (Lipinski definition) is 2. The molecule has 0 saturated heterocycles. The Kier molecular flexibility index (Phi) is 7.98. The topological polar surface area (TPSA) is 75.3 Å². The van der Waals surface area contributed by atoms with E-state index in [0.717, 1.165) is 18.4 Å². The number of hydrogen-bond acceptors (Lipinski definition) is 3. The number of rotatable bonds is 10. The van der Waals surface area contributed by atoms with Gasteiger partial charge in [-0.3, -0.25) is 4.79 Å². The Morgan fingerprint density at radius 3 is 1.90 bits per heavy atom. The van der Waals surface area contributed by atoms with Gasteiger partial charge in [0.15, 0.2) is 0 Å². The third-order valence-corrected chi connectivity index (χ3v) is 6.54. The zero-order chi connectivity index (χ0) is 22.1. The third kappa shape index (κ3) is 7.05. The minimum atomic E-state index is -3.83. The summed E-state index contributed by atoms with van der Waals surface area (Å²) in [5.74, 6) is -0.330. The van der Waals surface area contributed by atoms with Gasteiger partial charge in [0.25, 0.3) is 0 Å². The van der Waals surface area contributed by atoms with Gasteiger partial charge in [0.1, 0.15) is 6.04 Å². The maximum absolute atomic E-state index is 13.0. The Morgan fingerprint density at radius 1 is 0.806 bits per heavy atom. The number of sulfonamides is 1. The highest BCUT2D eigenvalue weighted by molar-refractivity contribution is 7.89. The highest BCUT2D eigenvalue weighted by atomic mass is 32.2. The summed E-state index contributed by atoms with van der Waals surface area (Å²) in [4.78, 5) is 13.2. The van der Waals surface area contributed by atoms with Gasteiger partial charge in [-0.1, -0.05) is 78.9 Å². The quantitative estimate of drug-likeness (QED) is 0.509. The molecule has 3 aromatic carbocycles. The number of nitrogens with one attached hydrogen (secondary N) is 2. The van der Waals surface area contributed by atoms with E-state index in [-0.39, 0.29) is 23.3 Å². The van der Waals surface area contributed by atoms with E-state index < -0.39 is 16.1 Å². The maximum atomic E-state index is 13.0. The van der Waals surface area contributed by atoms with Crippen LogP contribution in [0.5, 0.6) is 0 Å². The van der Waals surface area contributed by atoms with Crippen molar-refractivity contribution in [1.29, 1.82) is 0 Å². The molecule has 0 aliphatic heterocycles. The first-order valence-corrected chi connectivity index (χ1v) is 11.9. The first-order valence-electron chi connectivity index (χ1n) is 10.4. The predicted molar refractivity (Wildman–Crippen MR) is 123 cm³/mol. The standard InChI is InChI=1S/C25H28N2O3S/c1-20(17-18-21-11-5-2-6-12-21)26-25(28)24(19-22-13-7-3-8-14-22)27-31(29,30)23-15-9-4-10-16-23/h2-16,20,24,27H,17-19H2,1H3,(H,26,28)/t20-,24+/m0/s1. The monoisotopic (exact) mass is 436 g/mol. The molecule has 31 heavy (non-hydrogen) atoms. The smallest absolute Gasteiger partial charge is 0.241 e. The average molecular weight is 437 g/mol. The van der Waals surface area contributed by atoms with Crippen LogP contribution in [0.4, 0.5) is 0 Å². The molecule has 2 N–H and O–H groups in total. The zero-order valence-electron chi connectivity index (χ0n) is 17.6. The summed E-state index contributed by atoms with van der Waals surface area (Å²) in [6.07, 6.45) is 1.87. The van der Waals surface area contributed by atoms with Crippen LogP contribution in [-0.2, 0) is 27.7 Å². The second-order valence-electron chi connectivity index (χ2n) is 7.61. The average Bonchev–Trinajstić information content (AvgIpc) is 2.79. The van der Waals surface area contributed by atoms with Gasteiger partial charge >= 0.3 is 0 Å². The van der Waals surface area contributed by atoms with Crippen LogP contribution in [0.1, 0.15) is 24.5 Å². The molecule has 5 nitrogen and oxygen atoms in total. The van der Waals surface area contributed by atoms with E-state index >= 15 is 0 Å². The second kappa shape index (κ2) is 10.9. The van der Waals surface area contributed by atoms with Crippen LogP contribution in [0.25, 0.3) is 0 Å². The Bertz CT molecular complexity index is 1060. The Hall–Kier alpha value is -2.96. The minimum absolute atomic E-state index is 0.0905. The van der Waals surface area contributed by atoms with Crippen LogP contribution in [-0.4, -0.2) is 26.4 Å². The molecule has 0 spiro atoms. The summed E-state index contributed by atoms with van der Waals surface area (Å²) in [5, 5.41) is 2.98. The molecule has 6 heteroatoms. The first kappa shape index (κ1) is 22.7. The van der Waals surface area contributed by atoms with Crippen molar-refractivity contribution >= 4 is 15.9 Å². The molecule has 3 aromatic rings. The van der Waals surface area contributed by atoms with Gasteiger partial charge in [0, 0.05) is 6.04 Å². The number of aryl methyl sites for hydroxylation is 1. The lowest BCUT2D eigenvalue weighted by Crippen LogP contribution is -2.50. The molecule has 0 saturated carbocycles. The van der Waals surface area contributed by atoms with Gasteiger partial charge in [0.05, 0.1) is 4.90 Å². The maximum Gasteiger partial charge on any atom is 0.241 e. The molecule has 1 amide bonds. The van der Waals surface area contributed by atoms with Crippen molar-refractivity contribution in [2.75, 3.05) is 0 Å². The molecular formula is C25H28N2O3S. The predicted octanol–water partition coefficient (Wildman–Crippen LogP) is 3.71. The van der Waals surface area contributed by atoms with Crippen LogP contribution in [0.2, 0.25) is 0 Å². The van der Waals surface area contributed by atoms with Crippen molar-refractivity contribution in [1.82, 2.24) is 10.0 Å². The van der Waals surface area contributed by atoms with E-state index in [0.29, 0.717) is 0 Å². The molecule has 0 unspecified atom stereocenters. The lowest BCUT2D eigenvalue weighted by Gasteiger charge is -2.22. The van der Waals surface area contributed by atoms with E-state index in [1.54, 1.807) is 18.2 Å². The van der Waals surface area contributed by atoms with Crippen molar-refractivity contribution in [2.45, 2.75) is 43.2 Å². The van der Waals surface area contributed by atoms with Crippen molar-refractivity contribution < 1.29 is 13.2 Å². The summed E-state index contributed by atoms with van der Waals surface area (Å²) in [7, 11) is -3.83. The molecule has 162 valence electrons. The molecule has 2 atom stereocenters. The van der Waals surface area contributed by atoms with Crippen molar-refractivity contribution in [2.24, 2.45) is 0 Å². The summed E-state index contributed by atoms with van der Waals surface area (Å²) in [6, 6.07) is 26.6. The second-order valence-corrected chi connectivity index (χ2v) is 9.32. The van der Waals surface area contributed by atoms with E-state index in [4.69, 9.17) is 0 Å². The van der Waals surface area contributed by atoms with Gasteiger partial charge in [-0.2, -0.15) is 4.72 Å². The van der Waals surface area contributed by atoms with Crippen molar-refractivity contribution in [3.63, 3.8) is 0 Å². The van der Waals surface area contributed by atoms with Gasteiger partial charge in [-0.25, -0.2) is 8.42 Å². The fourth-order valence-corrected chi connectivity index (χ4v) is 4.55. The number of benzene rings is 3. The SMILES string of the molecule is C[C@@H](CCc1ccccc1)NC(=O)[C@@H](Cc1ccccc1)NS(=O)(=O)c1ccccc1. The largest absolute Gasteiger partial charge is 0.352 e. The first-order chi connectivity index (χ1) is 14.9. The highest BCUT2D eigenvalue weighted by Gasteiger charge is 2.26. The Morgan fingerprint density at radius 2 is 1.32 bits per heavy atom. The van der Waals surface area contributed by atoms with Crippen LogP contribution in [0.3, 0.4) is 0 Å². The van der Waals surface area contributed by atoms with E-state index in [9.17, 15) is 13.2 Å². The highest BCUT2D eigenvalue weighted by Crippen LogP contribution is 2.12. The molecule has 0 aliphatic rings. The molecule has 0 aromatic heterocycles. The zero-order valence-corrected chi connectivity index (χ0v) is 18.4. The number of carbonyl (C=O) groups excluding carboxylic acids is 1. The fraction of sp³-hybridized carbons (Fsp3) is 0.240. The Labute approximate surface area is 184 Å². The van der Waals surface area contributed by atoms with Crippen molar-refractivity contribution in [3.05, 3.63) is 102 Å². The van der Waals surface area contributed by atoms with Gasteiger partial charge < -0.3 is 5.32 Å². The fourth-order valence-electron chi connectivity index (χ4n) is 3.34. The molecule has 0 aliphatic carbocycles. The van der Waals surface area contributed by atoms with Crippen LogP contribution in [0, 0.1) is 0 Å². The van der Waals surface area contributed by atoms with Gasteiger partial charge in [-0.15, -0.1) is 0 Å². The van der Waals surface area contributed by atoms with E-state index in [2.05, 4.69) is 22.2 Å². The molecule has 0 bridgehead atoms. The molecule has 3 rings (SSSR count). The van der Waals surface area contributed by atoms with Crippen LogP contribution >= 0.6 is 0 Å². The van der Waals surface area contributed by atoms with Crippen LogP contribution in [0.15, 0.2) is 95.9 Å². The lowest BCUT2D eigenvalue weighted by atomic mass is 10.0. The summed E-state index contributed by atoms with van der Waals surface area (Å²) >= 11 is 0. The third-order valence-electron chi connectivity index (χ3n) is 5.05. The minimum Gasteiger partial charge on any atom is -0.352 e. The summed E-state index contributed by atoms with van der Waals surface area (Å²) in [6.45, 7) is 1.94. The molecule has 0 radical (unpaired) electrons. The lowest BCUT2D eigenvalue weighted by molar-refractivity contribution is -0.123.